The van der Waals surface area contributed by atoms with Crippen molar-refractivity contribution in [1.82, 2.24) is 19.5 Å². The third-order valence-corrected chi connectivity index (χ3v) is 9.37. The van der Waals surface area contributed by atoms with Gasteiger partial charge in [-0.2, -0.15) is 0 Å². The SMILES string of the molecule is C1=Cc2cc3c(-c4ccccc4)c(-c4ccccc4)c(c(-c4ccccc4)c4nc(cc5ccc(cc1n2)[nH]5)C=C4)n3-c1ccccc1.C=C[CH2][Al]. The van der Waals surface area contributed by atoms with Crippen LogP contribution >= 0.6 is 0 Å². The van der Waals surface area contributed by atoms with Crippen LogP contribution in [0.3, 0.4) is 0 Å². The minimum absolute atomic E-state index is 0.889. The fourth-order valence-corrected chi connectivity index (χ4v) is 6.81. The van der Waals surface area contributed by atoms with Crippen molar-refractivity contribution in [2.24, 2.45) is 0 Å². The Bertz CT molecular complexity index is 2600. The summed E-state index contributed by atoms with van der Waals surface area (Å²) < 4.78 is 2.41. The van der Waals surface area contributed by atoms with E-state index >= 15 is 0 Å². The van der Waals surface area contributed by atoms with E-state index in [0.29, 0.717) is 0 Å². The maximum Gasteiger partial charge on any atom is 0.124 e. The second-order valence-corrected chi connectivity index (χ2v) is 13.0. The van der Waals surface area contributed by atoms with Crippen LogP contribution < -0.4 is 0 Å². The Morgan fingerprint density at radius 1 is 0.538 bits per heavy atom. The predicted molar refractivity (Wildman–Crippen MR) is 221 cm³/mol. The number of hydrogen-bond acceptors (Lipinski definition) is 2. The van der Waals surface area contributed by atoms with E-state index in [1.807, 2.05) is 6.08 Å². The van der Waals surface area contributed by atoms with Gasteiger partial charge >= 0.3 is 0 Å². The van der Waals surface area contributed by atoms with E-state index in [1.54, 1.807) is 0 Å². The minimum atomic E-state index is 0.889. The summed E-state index contributed by atoms with van der Waals surface area (Å²) in [4.78, 5) is 13.9. The maximum atomic E-state index is 5.29. The molecule has 52 heavy (non-hydrogen) atoms. The van der Waals surface area contributed by atoms with Crippen molar-refractivity contribution in [2.45, 2.75) is 5.28 Å². The lowest BCUT2D eigenvalue weighted by molar-refractivity contribution is 1.17. The van der Waals surface area contributed by atoms with Gasteiger partial charge in [0, 0.05) is 33.4 Å². The summed E-state index contributed by atoms with van der Waals surface area (Å²) in [5.74, 6) is 0. The average Bonchev–Trinajstić information content (AvgIpc) is 4.01. The van der Waals surface area contributed by atoms with Gasteiger partial charge in [-0.1, -0.05) is 109 Å². The quantitative estimate of drug-likeness (QED) is 0.145. The summed E-state index contributed by atoms with van der Waals surface area (Å²) in [6.07, 6.45) is 10.3. The van der Waals surface area contributed by atoms with Gasteiger partial charge < -0.3 is 9.55 Å². The lowest BCUT2D eigenvalue weighted by Crippen LogP contribution is -1.97. The molecule has 2 radical (unpaired) electrons. The first kappa shape index (κ1) is 32.9. The van der Waals surface area contributed by atoms with Crippen molar-refractivity contribution in [1.29, 1.82) is 0 Å². The normalized spacial score (nSPS) is 11.5. The van der Waals surface area contributed by atoms with E-state index in [2.05, 4.69) is 208 Å². The molecule has 246 valence electrons. The van der Waals surface area contributed by atoms with E-state index in [-0.39, 0.29) is 0 Å². The number of fused-ring (bicyclic) bond motifs is 8. The van der Waals surface area contributed by atoms with Crippen LogP contribution in [0.15, 0.2) is 164 Å². The molecule has 0 spiro atoms. The van der Waals surface area contributed by atoms with E-state index in [1.165, 1.54) is 0 Å². The molecule has 0 unspecified atom stereocenters. The van der Waals surface area contributed by atoms with Gasteiger partial charge in [-0.25, -0.2) is 9.97 Å². The van der Waals surface area contributed by atoms with Crippen molar-refractivity contribution in [2.75, 3.05) is 0 Å². The summed E-state index contributed by atoms with van der Waals surface area (Å²) in [7, 11) is 0. The van der Waals surface area contributed by atoms with Crippen LogP contribution in [0, 0.1) is 0 Å². The topological polar surface area (TPSA) is 46.5 Å². The third kappa shape index (κ3) is 6.64. The van der Waals surface area contributed by atoms with Gasteiger partial charge in [0.05, 0.1) is 33.8 Å². The second-order valence-electron chi connectivity index (χ2n) is 12.5. The lowest BCUT2D eigenvalue weighted by atomic mass is 9.93. The Balaban J connectivity index is 0.000000922. The molecule has 2 aliphatic rings. The Kier molecular flexibility index (Phi) is 9.45. The maximum absolute atomic E-state index is 5.29. The van der Waals surface area contributed by atoms with Crippen LogP contribution in [-0.4, -0.2) is 35.8 Å². The number of hydrogen-bond donors (Lipinski definition) is 1. The molecular formula is C47H35AlN4. The number of para-hydroxylation sites is 1. The number of aromatic nitrogens is 4. The molecule has 7 aromatic rings. The van der Waals surface area contributed by atoms with Gasteiger partial charge in [0.25, 0.3) is 0 Å². The highest BCUT2D eigenvalue weighted by Gasteiger charge is 2.25. The van der Waals surface area contributed by atoms with Crippen molar-refractivity contribution in [3.8, 4) is 39.1 Å². The van der Waals surface area contributed by atoms with Gasteiger partial charge in [-0.3, -0.25) is 0 Å². The summed E-state index contributed by atoms with van der Waals surface area (Å²) in [5, 5.41) is 1.00. The smallest absolute Gasteiger partial charge is 0.124 e. The Morgan fingerprint density at radius 2 is 1.00 bits per heavy atom. The molecule has 2 aliphatic heterocycles. The molecule has 3 aromatic heterocycles. The van der Waals surface area contributed by atoms with Gasteiger partial charge in [-0.15, -0.1) is 17.9 Å². The summed E-state index contributed by atoms with van der Waals surface area (Å²) in [6, 6.07) is 53.3. The van der Waals surface area contributed by atoms with E-state index in [4.69, 9.17) is 9.97 Å². The molecule has 0 amide bonds. The third-order valence-electron chi connectivity index (χ3n) is 9.04. The zero-order chi connectivity index (χ0) is 35.3. The summed E-state index contributed by atoms with van der Waals surface area (Å²) in [6.45, 7) is 3.46. The van der Waals surface area contributed by atoms with Crippen LogP contribution in [0.2, 0.25) is 5.28 Å². The largest absolute Gasteiger partial charge is 0.355 e. The molecule has 0 saturated carbocycles. The van der Waals surface area contributed by atoms with Gasteiger partial charge in [0.2, 0.25) is 0 Å². The highest BCUT2D eigenvalue weighted by molar-refractivity contribution is 6.11. The number of aromatic amines is 1. The van der Waals surface area contributed by atoms with Gasteiger partial charge in [0.15, 0.2) is 0 Å². The number of allylic oxidation sites excluding steroid dienone is 1. The molecule has 5 heterocycles. The molecule has 8 bridgehead atoms. The first-order valence-electron chi connectivity index (χ1n) is 17.4. The molecule has 1 N–H and O–H groups in total. The highest BCUT2D eigenvalue weighted by atomic mass is 27.0. The van der Waals surface area contributed by atoms with Crippen molar-refractivity contribution in [3.05, 3.63) is 187 Å². The van der Waals surface area contributed by atoms with Gasteiger partial charge in [0.1, 0.15) is 16.3 Å². The van der Waals surface area contributed by atoms with Crippen molar-refractivity contribution in [3.63, 3.8) is 0 Å². The average molecular weight is 683 g/mol. The molecule has 5 heteroatoms. The van der Waals surface area contributed by atoms with Crippen LogP contribution in [0.5, 0.6) is 0 Å². The summed E-state index contributed by atoms with van der Waals surface area (Å²) in [5.41, 5.74) is 15.4. The fourth-order valence-electron chi connectivity index (χ4n) is 6.81. The van der Waals surface area contributed by atoms with Crippen LogP contribution in [-0.2, 0) is 0 Å². The molecular weight excluding hydrogens is 648 g/mol. The number of nitrogens with one attached hydrogen (secondary N) is 1. The molecule has 4 nitrogen and oxygen atoms in total. The summed E-state index contributed by atoms with van der Waals surface area (Å²) >= 11 is 2.54. The highest BCUT2D eigenvalue weighted by Crippen LogP contribution is 2.47. The fraction of sp³-hybridized carbons (Fsp3) is 0.0213. The van der Waals surface area contributed by atoms with Crippen molar-refractivity contribution < 1.29 is 0 Å². The minimum Gasteiger partial charge on any atom is -0.355 e. The second kappa shape index (κ2) is 14.9. The van der Waals surface area contributed by atoms with E-state index < -0.39 is 0 Å². The molecule has 0 saturated heterocycles. The van der Waals surface area contributed by atoms with E-state index in [9.17, 15) is 0 Å². The Hall–Kier alpha value is -6.25. The van der Waals surface area contributed by atoms with Crippen LogP contribution in [0.25, 0.3) is 85.4 Å². The number of H-pyrrole nitrogens is 1. The van der Waals surface area contributed by atoms with Crippen molar-refractivity contribution >= 4 is 62.7 Å². The Morgan fingerprint density at radius 3 is 1.56 bits per heavy atom. The molecule has 0 aliphatic carbocycles. The standard InChI is InChI=1S/C44H30N4.C3H5.Al/c1-5-13-30(14-6-1)41-39-26-25-36(47-39)28-35-22-21-33(45-35)27-34-23-24-37(46-34)29-40-42(31-15-7-2-8-16-31)43(32-17-9-3-10-18-32)44(41)48(40)38-19-11-4-12-20-38;1-3-2;/h1-29,45H;3H,1-2H2;. The van der Waals surface area contributed by atoms with Crippen LogP contribution in [0.4, 0.5) is 0 Å². The van der Waals surface area contributed by atoms with Crippen LogP contribution in [0.1, 0.15) is 22.8 Å². The molecule has 9 rings (SSSR count). The first-order valence-corrected chi connectivity index (χ1v) is 18.2. The predicted octanol–water partition coefficient (Wildman–Crippen LogP) is 11.9. The van der Waals surface area contributed by atoms with Gasteiger partial charge in [-0.05, 0) is 83.5 Å². The first-order chi connectivity index (χ1) is 25.7. The zero-order valence-electron chi connectivity index (χ0n) is 28.7. The number of nitrogens with zero attached hydrogens (tertiary/aromatic N) is 3. The molecule has 0 fully saturated rings. The molecule has 4 aromatic carbocycles. The zero-order valence-corrected chi connectivity index (χ0v) is 29.8. The molecule has 0 atom stereocenters. The number of benzene rings is 4. The lowest BCUT2D eigenvalue weighted by Gasteiger charge is -2.13. The number of rotatable bonds is 5. The Labute approximate surface area is 312 Å². The monoisotopic (exact) mass is 682 g/mol. The van der Waals surface area contributed by atoms with E-state index in [0.717, 1.165) is 89.2 Å².